The van der Waals surface area contributed by atoms with Crippen LogP contribution in [-0.2, 0) is 4.79 Å². The van der Waals surface area contributed by atoms with Gasteiger partial charge >= 0.3 is 12.0 Å². The standard InChI is InChI=1S/C17H33N3O3/c1-3-11-20(12-4-2)13-5-10-18-17(23)19-15-8-6-14(7-9-15)16(21)22/h14-15H,3-13H2,1-2H3,(H,21,22)(H2,18,19,23). The van der Waals surface area contributed by atoms with Crippen LogP contribution in [0.2, 0.25) is 0 Å². The van der Waals surface area contributed by atoms with Crippen LogP contribution in [0.25, 0.3) is 0 Å². The molecule has 0 aromatic carbocycles. The quantitative estimate of drug-likeness (QED) is 0.538. The fourth-order valence-corrected chi connectivity index (χ4v) is 3.19. The number of carbonyl (C=O) groups excluding carboxylic acids is 1. The lowest BCUT2D eigenvalue weighted by molar-refractivity contribution is -0.142. The first kappa shape index (κ1) is 19.7. The van der Waals surface area contributed by atoms with Crippen molar-refractivity contribution in [1.82, 2.24) is 15.5 Å². The number of amides is 2. The number of nitrogens with one attached hydrogen (secondary N) is 2. The topological polar surface area (TPSA) is 81.7 Å². The summed E-state index contributed by atoms with van der Waals surface area (Å²) < 4.78 is 0. The molecule has 0 radical (unpaired) electrons. The maximum Gasteiger partial charge on any atom is 0.315 e. The Morgan fingerprint density at radius 2 is 1.65 bits per heavy atom. The molecule has 134 valence electrons. The van der Waals surface area contributed by atoms with E-state index in [0.717, 1.165) is 51.7 Å². The molecule has 0 atom stereocenters. The second-order valence-electron chi connectivity index (χ2n) is 6.48. The van der Waals surface area contributed by atoms with E-state index in [-0.39, 0.29) is 18.0 Å². The van der Waals surface area contributed by atoms with Gasteiger partial charge in [0.2, 0.25) is 0 Å². The van der Waals surface area contributed by atoms with Gasteiger partial charge in [-0.05, 0) is 64.6 Å². The highest BCUT2D eigenvalue weighted by Gasteiger charge is 2.26. The number of rotatable bonds is 10. The van der Waals surface area contributed by atoms with Crippen LogP contribution in [0.3, 0.4) is 0 Å². The first-order valence-corrected chi connectivity index (χ1v) is 9.06. The number of urea groups is 1. The first-order chi connectivity index (χ1) is 11.1. The second kappa shape index (κ2) is 11.3. The molecule has 0 aliphatic heterocycles. The Balaban J connectivity index is 2.11. The van der Waals surface area contributed by atoms with Crippen molar-refractivity contribution in [2.75, 3.05) is 26.2 Å². The van der Waals surface area contributed by atoms with Crippen LogP contribution in [-0.4, -0.2) is 54.2 Å². The summed E-state index contributed by atoms with van der Waals surface area (Å²) in [5, 5.41) is 14.8. The lowest BCUT2D eigenvalue weighted by Gasteiger charge is -2.27. The Morgan fingerprint density at radius 3 is 2.17 bits per heavy atom. The van der Waals surface area contributed by atoms with Crippen molar-refractivity contribution in [2.24, 2.45) is 5.92 Å². The Labute approximate surface area is 140 Å². The number of hydrogen-bond acceptors (Lipinski definition) is 3. The Hall–Kier alpha value is -1.30. The molecular weight excluding hydrogens is 294 g/mol. The minimum Gasteiger partial charge on any atom is -0.481 e. The van der Waals surface area contributed by atoms with E-state index in [1.54, 1.807) is 0 Å². The average molecular weight is 327 g/mol. The monoisotopic (exact) mass is 327 g/mol. The smallest absolute Gasteiger partial charge is 0.315 e. The maximum absolute atomic E-state index is 11.9. The van der Waals surface area contributed by atoms with E-state index < -0.39 is 5.97 Å². The molecule has 1 aliphatic rings. The van der Waals surface area contributed by atoms with Crippen molar-refractivity contribution >= 4 is 12.0 Å². The van der Waals surface area contributed by atoms with E-state index in [2.05, 4.69) is 29.4 Å². The molecule has 0 bridgehead atoms. The number of carbonyl (C=O) groups is 2. The number of carboxylic acids is 1. The van der Waals surface area contributed by atoms with Crippen LogP contribution in [0, 0.1) is 5.92 Å². The highest BCUT2D eigenvalue weighted by Crippen LogP contribution is 2.24. The summed E-state index contributed by atoms with van der Waals surface area (Å²) in [6.45, 7) is 8.31. The molecule has 6 heteroatoms. The zero-order valence-corrected chi connectivity index (χ0v) is 14.6. The molecule has 2 amide bonds. The third-order valence-corrected chi connectivity index (χ3v) is 4.43. The van der Waals surface area contributed by atoms with Gasteiger partial charge in [0.15, 0.2) is 0 Å². The number of nitrogens with zero attached hydrogens (tertiary/aromatic N) is 1. The van der Waals surface area contributed by atoms with Gasteiger partial charge in [0.05, 0.1) is 5.92 Å². The van der Waals surface area contributed by atoms with E-state index in [1.165, 1.54) is 0 Å². The van der Waals surface area contributed by atoms with Gasteiger partial charge in [-0.1, -0.05) is 13.8 Å². The average Bonchev–Trinajstić information content (AvgIpc) is 2.52. The minimum absolute atomic E-state index is 0.113. The molecule has 0 unspecified atom stereocenters. The van der Waals surface area contributed by atoms with E-state index in [4.69, 9.17) is 5.11 Å². The molecule has 0 saturated heterocycles. The maximum atomic E-state index is 11.9. The molecule has 23 heavy (non-hydrogen) atoms. The van der Waals surface area contributed by atoms with Crippen LogP contribution >= 0.6 is 0 Å². The summed E-state index contributed by atoms with van der Waals surface area (Å²) in [5.74, 6) is -0.948. The molecule has 1 saturated carbocycles. The second-order valence-corrected chi connectivity index (χ2v) is 6.48. The fourth-order valence-electron chi connectivity index (χ4n) is 3.19. The van der Waals surface area contributed by atoms with Gasteiger partial charge in [0.1, 0.15) is 0 Å². The Kier molecular flexibility index (Phi) is 9.67. The van der Waals surface area contributed by atoms with Gasteiger partial charge in [0, 0.05) is 12.6 Å². The van der Waals surface area contributed by atoms with Crippen molar-refractivity contribution in [1.29, 1.82) is 0 Å². The predicted octanol–water partition coefficient (Wildman–Crippen LogP) is 2.44. The highest BCUT2D eigenvalue weighted by molar-refractivity contribution is 5.74. The van der Waals surface area contributed by atoms with Gasteiger partial charge in [-0.25, -0.2) is 4.79 Å². The molecule has 1 rings (SSSR count). The number of hydrogen-bond donors (Lipinski definition) is 3. The van der Waals surface area contributed by atoms with Crippen LogP contribution in [0.1, 0.15) is 58.8 Å². The summed E-state index contributed by atoms with van der Waals surface area (Å²) in [6, 6.07) is -0.0106. The summed E-state index contributed by atoms with van der Waals surface area (Å²) in [5.41, 5.74) is 0. The lowest BCUT2D eigenvalue weighted by atomic mass is 9.86. The SMILES string of the molecule is CCCN(CCC)CCCNC(=O)NC1CCC(C(=O)O)CC1. The van der Waals surface area contributed by atoms with E-state index in [9.17, 15) is 9.59 Å². The van der Waals surface area contributed by atoms with Crippen LogP contribution < -0.4 is 10.6 Å². The lowest BCUT2D eigenvalue weighted by Crippen LogP contribution is -2.44. The van der Waals surface area contributed by atoms with Gasteiger partial charge < -0.3 is 20.6 Å². The van der Waals surface area contributed by atoms with Crippen LogP contribution in [0.4, 0.5) is 4.79 Å². The molecule has 3 N–H and O–H groups in total. The van der Waals surface area contributed by atoms with Crippen molar-refractivity contribution < 1.29 is 14.7 Å². The first-order valence-electron chi connectivity index (χ1n) is 9.06. The zero-order valence-electron chi connectivity index (χ0n) is 14.6. The normalized spacial score (nSPS) is 21.2. The third-order valence-electron chi connectivity index (χ3n) is 4.43. The third kappa shape index (κ3) is 8.21. The van der Waals surface area contributed by atoms with E-state index >= 15 is 0 Å². The molecule has 1 aliphatic carbocycles. The van der Waals surface area contributed by atoms with Crippen molar-refractivity contribution in [3.05, 3.63) is 0 Å². The summed E-state index contributed by atoms with van der Waals surface area (Å²) >= 11 is 0. The molecule has 0 heterocycles. The summed E-state index contributed by atoms with van der Waals surface area (Å²) in [6.07, 6.45) is 6.10. The van der Waals surface area contributed by atoms with Crippen LogP contribution in [0.5, 0.6) is 0 Å². The highest BCUT2D eigenvalue weighted by atomic mass is 16.4. The summed E-state index contributed by atoms with van der Waals surface area (Å²) in [4.78, 5) is 25.2. The van der Waals surface area contributed by atoms with Gasteiger partial charge in [-0.2, -0.15) is 0 Å². The van der Waals surface area contributed by atoms with E-state index in [0.29, 0.717) is 19.4 Å². The minimum atomic E-state index is -0.711. The Morgan fingerprint density at radius 1 is 1.04 bits per heavy atom. The van der Waals surface area contributed by atoms with Crippen molar-refractivity contribution in [2.45, 2.75) is 64.8 Å². The number of carboxylic acid groups (broad SMARTS) is 1. The zero-order chi connectivity index (χ0) is 17.1. The molecule has 1 fully saturated rings. The van der Waals surface area contributed by atoms with Crippen LogP contribution in [0.15, 0.2) is 0 Å². The molecule has 0 aromatic rings. The van der Waals surface area contributed by atoms with Crippen molar-refractivity contribution in [3.8, 4) is 0 Å². The van der Waals surface area contributed by atoms with Crippen molar-refractivity contribution in [3.63, 3.8) is 0 Å². The molecule has 6 nitrogen and oxygen atoms in total. The summed E-state index contributed by atoms with van der Waals surface area (Å²) in [7, 11) is 0. The van der Waals surface area contributed by atoms with Gasteiger partial charge in [0.25, 0.3) is 0 Å². The largest absolute Gasteiger partial charge is 0.481 e. The van der Waals surface area contributed by atoms with E-state index in [1.807, 2.05) is 0 Å². The fraction of sp³-hybridized carbons (Fsp3) is 0.882. The molecule has 0 spiro atoms. The Bertz CT molecular complexity index is 349. The molecule has 0 aromatic heterocycles. The molecular formula is C17H33N3O3. The van der Waals surface area contributed by atoms with Gasteiger partial charge in [-0.3, -0.25) is 4.79 Å². The predicted molar refractivity (Wildman–Crippen MR) is 91.6 cm³/mol. The van der Waals surface area contributed by atoms with Gasteiger partial charge in [-0.15, -0.1) is 0 Å². The number of aliphatic carboxylic acids is 1.